The fraction of sp³-hybridized carbons (Fsp3) is 0.182. The van der Waals surface area contributed by atoms with Crippen molar-refractivity contribution in [3.63, 3.8) is 0 Å². The quantitative estimate of drug-likeness (QED) is 0.520. The normalized spacial score (nSPS) is 16.9. The first-order valence-corrected chi connectivity index (χ1v) is 9.88. The zero-order valence-corrected chi connectivity index (χ0v) is 15.5. The molecule has 0 N–H and O–H groups in total. The molecule has 1 amide bonds. The Kier molecular flexibility index (Phi) is 4.02. The molecule has 2 aromatic carbocycles. The van der Waals surface area contributed by atoms with Crippen LogP contribution in [0.4, 0.5) is 0 Å². The number of carbonyl (C=O) groups is 1. The zero-order chi connectivity index (χ0) is 18.2. The first-order chi connectivity index (χ1) is 13.3. The van der Waals surface area contributed by atoms with Crippen LogP contribution < -0.4 is 4.74 Å². The summed E-state index contributed by atoms with van der Waals surface area (Å²) in [6.45, 7) is 1.31. The van der Waals surface area contributed by atoms with Gasteiger partial charge in [0.25, 0.3) is 5.91 Å². The van der Waals surface area contributed by atoms with Crippen LogP contribution in [0.1, 0.15) is 16.1 Å². The van der Waals surface area contributed by atoms with Crippen LogP contribution in [0.15, 0.2) is 66.7 Å². The van der Waals surface area contributed by atoms with Gasteiger partial charge in [0.15, 0.2) is 0 Å². The highest BCUT2D eigenvalue weighted by Gasteiger charge is 2.29. The molecule has 1 atom stereocenters. The maximum absolute atomic E-state index is 12.9. The van der Waals surface area contributed by atoms with Gasteiger partial charge in [0.2, 0.25) is 5.88 Å². The average Bonchev–Trinajstić information content (AvgIpc) is 3.34. The first kappa shape index (κ1) is 16.3. The molecule has 0 saturated carbocycles. The van der Waals surface area contributed by atoms with Gasteiger partial charge in [0.05, 0.1) is 16.9 Å². The van der Waals surface area contributed by atoms with Crippen LogP contribution in [0.5, 0.6) is 5.88 Å². The fourth-order valence-electron chi connectivity index (χ4n) is 3.54. The third-order valence-corrected chi connectivity index (χ3v) is 6.03. The number of fused-ring (bicyclic) bond motifs is 2. The molecule has 4 aromatic rings. The zero-order valence-electron chi connectivity index (χ0n) is 14.7. The Bertz CT molecular complexity index is 1100. The molecule has 1 unspecified atom stereocenters. The average molecular weight is 374 g/mol. The number of amides is 1. The maximum Gasteiger partial charge on any atom is 0.264 e. The Morgan fingerprint density at radius 1 is 1.04 bits per heavy atom. The van der Waals surface area contributed by atoms with E-state index in [9.17, 15) is 4.79 Å². The van der Waals surface area contributed by atoms with Crippen LogP contribution in [0, 0.1) is 0 Å². The third-order valence-electron chi connectivity index (χ3n) is 4.93. The van der Waals surface area contributed by atoms with Gasteiger partial charge in [-0.3, -0.25) is 4.79 Å². The molecular formula is C22H18N2O2S. The van der Waals surface area contributed by atoms with Crippen molar-refractivity contribution in [2.24, 2.45) is 0 Å². The summed E-state index contributed by atoms with van der Waals surface area (Å²) in [5.41, 5.74) is 0.922. The van der Waals surface area contributed by atoms with E-state index in [1.165, 1.54) is 0 Å². The minimum atomic E-state index is -0.0167. The molecule has 3 heterocycles. The Labute approximate surface area is 161 Å². The van der Waals surface area contributed by atoms with E-state index in [-0.39, 0.29) is 12.0 Å². The molecule has 134 valence electrons. The Balaban J connectivity index is 1.29. The number of thiophene rings is 1. The summed E-state index contributed by atoms with van der Waals surface area (Å²) in [5.74, 6) is 0.712. The van der Waals surface area contributed by atoms with E-state index >= 15 is 0 Å². The predicted octanol–water partition coefficient (Wildman–Crippen LogP) is 4.74. The van der Waals surface area contributed by atoms with Crippen molar-refractivity contribution < 1.29 is 9.53 Å². The molecule has 1 aliphatic rings. The smallest absolute Gasteiger partial charge is 0.264 e. The van der Waals surface area contributed by atoms with E-state index in [4.69, 9.17) is 4.74 Å². The number of carbonyl (C=O) groups excluding carboxylic acids is 1. The number of likely N-dealkylation sites (tertiary alicyclic amines) is 1. The summed E-state index contributed by atoms with van der Waals surface area (Å²) in [6, 6.07) is 22.0. The van der Waals surface area contributed by atoms with Crippen LogP contribution in [0.3, 0.4) is 0 Å². The molecule has 5 heteroatoms. The topological polar surface area (TPSA) is 42.4 Å². The standard InChI is InChI=1S/C22H18N2O2S/c25-22(20-13-16-6-2-4-8-19(16)27-20)24-12-11-17(14-24)26-21-10-9-15-5-1-3-7-18(15)23-21/h1-10,13,17H,11-12,14H2. The highest BCUT2D eigenvalue weighted by molar-refractivity contribution is 7.20. The van der Waals surface area contributed by atoms with Gasteiger partial charge in [0, 0.05) is 29.1 Å². The van der Waals surface area contributed by atoms with Crippen LogP contribution >= 0.6 is 11.3 Å². The largest absolute Gasteiger partial charge is 0.472 e. The molecule has 0 bridgehead atoms. The molecule has 27 heavy (non-hydrogen) atoms. The third kappa shape index (κ3) is 3.15. The predicted molar refractivity (Wildman–Crippen MR) is 109 cm³/mol. The second-order valence-electron chi connectivity index (χ2n) is 6.77. The maximum atomic E-state index is 12.9. The monoisotopic (exact) mass is 374 g/mol. The van der Waals surface area contributed by atoms with Gasteiger partial charge < -0.3 is 9.64 Å². The van der Waals surface area contributed by atoms with Crippen LogP contribution in [0.25, 0.3) is 21.0 Å². The number of rotatable bonds is 3. The van der Waals surface area contributed by atoms with Gasteiger partial charge in [-0.05, 0) is 29.7 Å². The Hall–Kier alpha value is -2.92. The van der Waals surface area contributed by atoms with E-state index in [0.717, 1.165) is 32.3 Å². The summed E-state index contributed by atoms with van der Waals surface area (Å²) in [4.78, 5) is 20.1. The van der Waals surface area contributed by atoms with Gasteiger partial charge in [0.1, 0.15) is 6.10 Å². The lowest BCUT2D eigenvalue weighted by Gasteiger charge is -2.16. The molecular weight excluding hydrogens is 356 g/mol. The minimum Gasteiger partial charge on any atom is -0.472 e. The number of benzene rings is 2. The molecule has 1 saturated heterocycles. The van der Waals surface area contributed by atoms with Crippen molar-refractivity contribution in [2.45, 2.75) is 12.5 Å². The van der Waals surface area contributed by atoms with E-state index in [1.54, 1.807) is 11.3 Å². The van der Waals surface area contributed by atoms with Gasteiger partial charge in [-0.15, -0.1) is 11.3 Å². The number of hydrogen-bond donors (Lipinski definition) is 0. The fourth-order valence-corrected chi connectivity index (χ4v) is 4.57. The first-order valence-electron chi connectivity index (χ1n) is 9.06. The molecule has 1 fully saturated rings. The SMILES string of the molecule is O=C(c1cc2ccccc2s1)N1CCC(Oc2ccc3ccccc3n2)C1. The summed E-state index contributed by atoms with van der Waals surface area (Å²) < 4.78 is 7.20. The van der Waals surface area contributed by atoms with Gasteiger partial charge >= 0.3 is 0 Å². The number of ether oxygens (including phenoxy) is 1. The summed E-state index contributed by atoms with van der Waals surface area (Å²) in [5, 5.41) is 2.22. The van der Waals surface area contributed by atoms with Crippen LogP contribution in [0.2, 0.25) is 0 Å². The Morgan fingerprint density at radius 2 is 1.85 bits per heavy atom. The van der Waals surface area contributed by atoms with Crippen molar-refractivity contribution in [1.29, 1.82) is 0 Å². The molecule has 0 spiro atoms. The number of aromatic nitrogens is 1. The van der Waals surface area contributed by atoms with E-state index in [1.807, 2.05) is 65.6 Å². The lowest BCUT2D eigenvalue weighted by Crippen LogP contribution is -2.30. The molecule has 0 aliphatic carbocycles. The number of pyridine rings is 1. The summed E-state index contributed by atoms with van der Waals surface area (Å²) in [7, 11) is 0. The van der Waals surface area contributed by atoms with Gasteiger partial charge in [-0.2, -0.15) is 0 Å². The second kappa shape index (κ2) is 6.67. The molecule has 4 nitrogen and oxygen atoms in total. The van der Waals surface area contributed by atoms with Crippen LogP contribution in [-0.2, 0) is 0 Å². The molecule has 1 aliphatic heterocycles. The van der Waals surface area contributed by atoms with Crippen molar-refractivity contribution in [3.05, 3.63) is 71.6 Å². The van der Waals surface area contributed by atoms with Crippen LogP contribution in [-0.4, -0.2) is 35.0 Å². The second-order valence-corrected chi connectivity index (χ2v) is 7.85. The minimum absolute atomic E-state index is 0.0167. The highest BCUT2D eigenvalue weighted by atomic mass is 32.1. The van der Waals surface area contributed by atoms with Crippen molar-refractivity contribution in [2.75, 3.05) is 13.1 Å². The lowest BCUT2D eigenvalue weighted by atomic mass is 10.2. The molecule has 2 aromatic heterocycles. The lowest BCUT2D eigenvalue weighted by molar-refractivity contribution is 0.0776. The van der Waals surface area contributed by atoms with E-state index in [2.05, 4.69) is 11.1 Å². The summed E-state index contributed by atoms with van der Waals surface area (Å²) in [6.07, 6.45) is 0.808. The van der Waals surface area contributed by atoms with E-state index < -0.39 is 0 Å². The Morgan fingerprint density at radius 3 is 2.74 bits per heavy atom. The van der Waals surface area contributed by atoms with Gasteiger partial charge in [-0.25, -0.2) is 4.98 Å². The van der Waals surface area contributed by atoms with E-state index in [0.29, 0.717) is 19.0 Å². The van der Waals surface area contributed by atoms with Gasteiger partial charge in [-0.1, -0.05) is 36.4 Å². The highest BCUT2D eigenvalue weighted by Crippen LogP contribution is 2.28. The number of para-hydroxylation sites is 1. The summed E-state index contributed by atoms with van der Waals surface area (Å²) >= 11 is 1.55. The molecule has 0 radical (unpaired) electrons. The molecule has 5 rings (SSSR count). The van der Waals surface area contributed by atoms with Crippen molar-refractivity contribution in [3.8, 4) is 5.88 Å². The number of hydrogen-bond acceptors (Lipinski definition) is 4. The van der Waals surface area contributed by atoms with Crippen molar-refractivity contribution in [1.82, 2.24) is 9.88 Å². The number of nitrogens with zero attached hydrogens (tertiary/aromatic N) is 2. The van der Waals surface area contributed by atoms with Crippen molar-refractivity contribution >= 4 is 38.2 Å².